The van der Waals surface area contributed by atoms with Gasteiger partial charge in [0.15, 0.2) is 5.78 Å². The first-order chi connectivity index (χ1) is 22.5. The number of nitrogens with zero attached hydrogens (tertiary/aromatic N) is 2. The molecule has 0 saturated carbocycles. The Bertz CT molecular complexity index is 1490. The van der Waals surface area contributed by atoms with Gasteiger partial charge in [-0.15, -0.1) is 0 Å². The smallest absolute Gasteiger partial charge is 0.230 e. The molecule has 0 spiro atoms. The van der Waals surface area contributed by atoms with Crippen molar-refractivity contribution in [1.29, 1.82) is 0 Å². The summed E-state index contributed by atoms with van der Waals surface area (Å²) in [6.07, 6.45) is 0. The maximum atomic E-state index is 14.2. The zero-order valence-corrected chi connectivity index (χ0v) is 25.2. The molecule has 0 aliphatic carbocycles. The Hall–Kier alpha value is -4.87. The molecular formula is C35H34F2N2O7. The number of rotatable bonds is 12. The van der Waals surface area contributed by atoms with Crippen LogP contribution in [0.5, 0.6) is 23.0 Å². The van der Waals surface area contributed by atoms with Crippen molar-refractivity contribution in [3.8, 4) is 23.0 Å². The van der Waals surface area contributed by atoms with E-state index in [0.29, 0.717) is 37.9 Å². The van der Waals surface area contributed by atoms with Gasteiger partial charge in [0.1, 0.15) is 34.6 Å². The lowest BCUT2D eigenvalue weighted by molar-refractivity contribution is 0.0984. The highest BCUT2D eigenvalue weighted by Gasteiger charge is 2.21. The van der Waals surface area contributed by atoms with E-state index < -0.39 is 17.4 Å². The first kappa shape index (κ1) is 31.1. The molecule has 2 heterocycles. The zero-order valence-electron chi connectivity index (χ0n) is 25.2. The summed E-state index contributed by atoms with van der Waals surface area (Å²) in [5, 5.41) is 0. The normalized spacial score (nSPS) is 14.9. The van der Waals surface area contributed by atoms with Gasteiger partial charge in [0, 0.05) is 49.7 Å². The number of benzene rings is 4. The summed E-state index contributed by atoms with van der Waals surface area (Å²) >= 11 is 0. The van der Waals surface area contributed by atoms with E-state index in [9.17, 15) is 13.6 Å². The maximum Gasteiger partial charge on any atom is 0.230 e. The maximum absolute atomic E-state index is 14.2. The van der Waals surface area contributed by atoms with Crippen LogP contribution in [0.25, 0.3) is 0 Å². The molecule has 2 aliphatic heterocycles. The predicted octanol–water partition coefficient (Wildman–Crippen LogP) is 5.70. The van der Waals surface area contributed by atoms with Crippen LogP contribution < -0.4 is 28.7 Å². The highest BCUT2D eigenvalue weighted by molar-refractivity contribution is 6.12. The van der Waals surface area contributed by atoms with Crippen molar-refractivity contribution in [3.05, 3.63) is 108 Å². The number of ketones is 1. The SMILES string of the molecule is O=C(c1ccc(F)cc1OCOc1ccc(N2CCOCC2)cc1)c1ccc(F)cc1OCOc1ccc(N2CCOCC2)cc1. The van der Waals surface area contributed by atoms with Crippen molar-refractivity contribution in [1.82, 2.24) is 0 Å². The fourth-order valence-corrected chi connectivity index (χ4v) is 5.22. The van der Waals surface area contributed by atoms with Crippen molar-refractivity contribution in [3.63, 3.8) is 0 Å². The Balaban J connectivity index is 1.08. The van der Waals surface area contributed by atoms with Crippen LogP contribution in [0.3, 0.4) is 0 Å². The van der Waals surface area contributed by atoms with Gasteiger partial charge in [-0.25, -0.2) is 8.78 Å². The van der Waals surface area contributed by atoms with E-state index in [1.807, 2.05) is 48.5 Å². The molecule has 6 rings (SSSR count). The van der Waals surface area contributed by atoms with Crippen LogP contribution in [-0.2, 0) is 9.47 Å². The summed E-state index contributed by atoms with van der Waals surface area (Å²) in [6, 6.07) is 22.2. The number of hydrogen-bond acceptors (Lipinski definition) is 9. The van der Waals surface area contributed by atoms with Gasteiger partial charge in [-0.2, -0.15) is 0 Å². The third-order valence-corrected chi connectivity index (χ3v) is 7.68. The highest BCUT2D eigenvalue weighted by atomic mass is 19.1. The van der Waals surface area contributed by atoms with Gasteiger partial charge in [-0.1, -0.05) is 0 Å². The molecule has 0 aromatic heterocycles. The van der Waals surface area contributed by atoms with Crippen molar-refractivity contribution < 1.29 is 42.0 Å². The molecule has 0 amide bonds. The topological polar surface area (TPSA) is 78.9 Å². The highest BCUT2D eigenvalue weighted by Crippen LogP contribution is 2.29. The second-order valence-corrected chi connectivity index (χ2v) is 10.6. The molecule has 4 aromatic carbocycles. The van der Waals surface area contributed by atoms with Gasteiger partial charge < -0.3 is 38.2 Å². The monoisotopic (exact) mass is 632 g/mol. The Labute approximate surface area is 265 Å². The van der Waals surface area contributed by atoms with Gasteiger partial charge in [0.25, 0.3) is 0 Å². The average Bonchev–Trinajstić information content (AvgIpc) is 3.10. The molecule has 0 bridgehead atoms. The van der Waals surface area contributed by atoms with Crippen molar-refractivity contribution in [2.45, 2.75) is 0 Å². The molecule has 2 saturated heterocycles. The first-order valence-corrected chi connectivity index (χ1v) is 15.0. The molecule has 0 atom stereocenters. The number of morpholine rings is 2. The molecular weight excluding hydrogens is 598 g/mol. The minimum Gasteiger partial charge on any atom is -0.457 e. The molecule has 2 fully saturated rings. The Morgan fingerprint density at radius 2 is 0.957 bits per heavy atom. The summed E-state index contributed by atoms with van der Waals surface area (Å²) in [4.78, 5) is 18.1. The molecule has 0 radical (unpaired) electrons. The Morgan fingerprint density at radius 3 is 1.35 bits per heavy atom. The van der Waals surface area contributed by atoms with Crippen molar-refractivity contribution >= 4 is 17.2 Å². The number of ether oxygens (including phenoxy) is 6. The van der Waals surface area contributed by atoms with Crippen LogP contribution in [0.4, 0.5) is 20.2 Å². The summed E-state index contributed by atoms with van der Waals surface area (Å²) in [6.45, 7) is 5.46. The van der Waals surface area contributed by atoms with Crippen LogP contribution in [0, 0.1) is 11.6 Å². The lowest BCUT2D eigenvalue weighted by Gasteiger charge is -2.28. The Morgan fingerprint density at radius 1 is 0.565 bits per heavy atom. The molecule has 0 unspecified atom stereocenters. The third kappa shape index (κ3) is 7.85. The quantitative estimate of drug-likeness (QED) is 0.144. The van der Waals surface area contributed by atoms with Crippen LogP contribution in [-0.4, -0.2) is 72.0 Å². The number of carbonyl (C=O) groups excluding carboxylic acids is 1. The molecule has 9 nitrogen and oxygen atoms in total. The van der Waals surface area contributed by atoms with Crippen LogP contribution in [0.15, 0.2) is 84.9 Å². The summed E-state index contributed by atoms with van der Waals surface area (Å²) in [7, 11) is 0. The third-order valence-electron chi connectivity index (χ3n) is 7.68. The van der Waals surface area contributed by atoms with Crippen LogP contribution in [0.2, 0.25) is 0 Å². The van der Waals surface area contributed by atoms with E-state index in [1.165, 1.54) is 12.1 Å². The minimum absolute atomic E-state index is 0.0261. The number of carbonyl (C=O) groups is 1. The Kier molecular flexibility index (Phi) is 10.1. The first-order valence-electron chi connectivity index (χ1n) is 15.0. The van der Waals surface area contributed by atoms with E-state index >= 15 is 0 Å². The number of anilines is 2. The van der Waals surface area contributed by atoms with E-state index in [-0.39, 0.29) is 36.2 Å². The molecule has 240 valence electrons. The van der Waals surface area contributed by atoms with E-state index in [1.54, 1.807) is 0 Å². The largest absolute Gasteiger partial charge is 0.457 e. The van der Waals surface area contributed by atoms with Crippen LogP contribution >= 0.6 is 0 Å². The number of halogens is 2. The van der Waals surface area contributed by atoms with E-state index in [4.69, 9.17) is 28.4 Å². The predicted molar refractivity (Wildman–Crippen MR) is 167 cm³/mol. The average molecular weight is 633 g/mol. The van der Waals surface area contributed by atoms with Gasteiger partial charge in [0.2, 0.25) is 13.6 Å². The molecule has 2 aliphatic rings. The lowest BCUT2D eigenvalue weighted by Crippen LogP contribution is -2.36. The summed E-state index contributed by atoms with van der Waals surface area (Å²) in [5.41, 5.74) is 2.23. The minimum atomic E-state index is -0.593. The van der Waals surface area contributed by atoms with Crippen molar-refractivity contribution in [2.75, 3.05) is 76.0 Å². The fourth-order valence-electron chi connectivity index (χ4n) is 5.22. The molecule has 0 N–H and O–H groups in total. The summed E-state index contributed by atoms with van der Waals surface area (Å²) < 4.78 is 62.1. The standard InChI is InChI=1S/C35H34F2N2O7/c36-25-1-11-31(33(21-25)45-23-43-29-7-3-27(4-8-29)38-13-17-41-18-14-38)35(40)32-12-2-26(37)22-34(32)46-24-44-30-9-5-28(6-10-30)39-15-19-42-20-16-39/h1-12,21-22H,13-20,23-24H2. The second-order valence-electron chi connectivity index (χ2n) is 10.6. The molecule has 46 heavy (non-hydrogen) atoms. The van der Waals surface area contributed by atoms with Crippen molar-refractivity contribution in [2.24, 2.45) is 0 Å². The summed E-state index contributed by atoms with van der Waals surface area (Å²) in [5.74, 6) is -0.689. The van der Waals surface area contributed by atoms with Gasteiger partial charge in [-0.3, -0.25) is 4.79 Å². The van der Waals surface area contributed by atoms with E-state index in [0.717, 1.165) is 61.8 Å². The van der Waals surface area contributed by atoms with E-state index in [2.05, 4.69) is 9.80 Å². The van der Waals surface area contributed by atoms with Gasteiger partial charge in [-0.05, 0) is 72.8 Å². The fraction of sp³-hybridized carbons (Fsp3) is 0.286. The molecule has 4 aromatic rings. The second kappa shape index (κ2) is 14.9. The zero-order chi connectivity index (χ0) is 31.7. The molecule has 11 heteroatoms. The van der Waals surface area contributed by atoms with Gasteiger partial charge in [0.05, 0.1) is 37.6 Å². The number of hydrogen-bond donors (Lipinski definition) is 0. The van der Waals surface area contributed by atoms with Gasteiger partial charge >= 0.3 is 0 Å². The van der Waals surface area contributed by atoms with Crippen LogP contribution in [0.1, 0.15) is 15.9 Å². The lowest BCUT2D eigenvalue weighted by atomic mass is 10.0.